The van der Waals surface area contributed by atoms with Crippen LogP contribution in [0.15, 0.2) is 30.3 Å². The fraction of sp³-hybridized carbons (Fsp3) is 0.222. The average Bonchev–Trinajstić information content (AvgIpc) is 2.49. The van der Waals surface area contributed by atoms with Crippen LogP contribution in [-0.2, 0) is 9.63 Å². The fourth-order valence-corrected chi connectivity index (χ4v) is 1.32. The van der Waals surface area contributed by atoms with E-state index in [1.165, 1.54) is 0 Å². The Balaban J connectivity index is 2.24. The lowest BCUT2D eigenvalue weighted by Gasteiger charge is -2.10. The van der Waals surface area contributed by atoms with Crippen molar-refractivity contribution in [2.75, 3.05) is 0 Å². The molecule has 0 saturated carbocycles. The third kappa shape index (κ3) is 1.41. The van der Waals surface area contributed by atoms with Gasteiger partial charge in [0, 0.05) is 0 Å². The molecule has 0 aromatic heterocycles. The quantitative estimate of drug-likeness (QED) is 0.641. The highest BCUT2D eigenvalue weighted by Gasteiger charge is 2.34. The molecule has 4 heteroatoms. The molecule has 0 spiro atoms. The van der Waals surface area contributed by atoms with E-state index in [9.17, 15) is 4.79 Å². The van der Waals surface area contributed by atoms with E-state index in [0.717, 1.165) is 5.56 Å². The van der Waals surface area contributed by atoms with Gasteiger partial charge in [0.15, 0.2) is 0 Å². The van der Waals surface area contributed by atoms with Crippen molar-refractivity contribution >= 4 is 5.91 Å². The molecule has 1 aliphatic rings. The number of hydrogen-bond donors (Lipinski definition) is 2. The Bertz CT molecular complexity index is 313. The Morgan fingerprint density at radius 2 is 2.00 bits per heavy atom. The molecule has 2 rings (SSSR count). The fourth-order valence-electron chi connectivity index (χ4n) is 1.32. The number of benzene rings is 1. The van der Waals surface area contributed by atoms with E-state index in [1.807, 2.05) is 30.3 Å². The summed E-state index contributed by atoms with van der Waals surface area (Å²) in [7, 11) is 0. The largest absolute Gasteiger partial charge is 0.317 e. The molecule has 1 fully saturated rings. The van der Waals surface area contributed by atoms with Gasteiger partial charge >= 0.3 is 0 Å². The van der Waals surface area contributed by atoms with Crippen LogP contribution in [0.25, 0.3) is 0 Å². The van der Waals surface area contributed by atoms with Crippen molar-refractivity contribution in [2.24, 2.45) is 5.73 Å². The van der Waals surface area contributed by atoms with Gasteiger partial charge in [-0.2, -0.15) is 0 Å². The third-order valence-electron chi connectivity index (χ3n) is 2.04. The highest BCUT2D eigenvalue weighted by Crippen LogP contribution is 2.22. The molecule has 2 unspecified atom stereocenters. The van der Waals surface area contributed by atoms with E-state index in [2.05, 4.69) is 5.48 Å². The molecule has 1 amide bonds. The molecule has 2 atom stereocenters. The van der Waals surface area contributed by atoms with E-state index >= 15 is 0 Å². The number of hydroxylamine groups is 1. The van der Waals surface area contributed by atoms with Gasteiger partial charge in [-0.3, -0.25) is 9.63 Å². The first-order valence-electron chi connectivity index (χ1n) is 4.05. The Labute approximate surface area is 75.6 Å². The SMILES string of the molecule is NC1C(=O)NOC1c1ccccc1. The minimum atomic E-state index is -0.609. The Morgan fingerprint density at radius 1 is 1.31 bits per heavy atom. The normalized spacial score (nSPS) is 27.3. The van der Waals surface area contributed by atoms with Crippen molar-refractivity contribution in [2.45, 2.75) is 12.1 Å². The first kappa shape index (κ1) is 8.22. The Hall–Kier alpha value is -1.39. The molecule has 0 aliphatic carbocycles. The predicted octanol–water partition coefficient (Wildman–Crippen LogP) is 0.116. The minimum absolute atomic E-state index is 0.270. The summed E-state index contributed by atoms with van der Waals surface area (Å²) in [5, 5.41) is 0. The highest BCUT2D eigenvalue weighted by molar-refractivity contribution is 5.83. The lowest BCUT2D eigenvalue weighted by molar-refractivity contribution is -0.125. The smallest absolute Gasteiger partial charge is 0.263 e. The summed E-state index contributed by atoms with van der Waals surface area (Å²) in [6, 6.07) is 8.82. The van der Waals surface area contributed by atoms with Gasteiger partial charge in [0.25, 0.3) is 5.91 Å². The molecule has 1 aromatic carbocycles. The van der Waals surface area contributed by atoms with E-state index in [0.29, 0.717) is 0 Å². The van der Waals surface area contributed by atoms with Gasteiger partial charge in [-0.1, -0.05) is 30.3 Å². The van der Waals surface area contributed by atoms with Gasteiger partial charge in [0.2, 0.25) is 0 Å². The Kier molecular flexibility index (Phi) is 2.00. The standard InChI is InChI=1S/C9H10N2O2/c10-7-8(13-11-9(7)12)6-4-2-1-3-5-6/h1-5,7-8H,10H2,(H,11,12). The van der Waals surface area contributed by atoms with E-state index in [4.69, 9.17) is 10.6 Å². The maximum atomic E-state index is 11.0. The molecular formula is C9H10N2O2. The first-order valence-corrected chi connectivity index (χ1v) is 4.05. The zero-order valence-corrected chi connectivity index (χ0v) is 6.94. The number of carbonyl (C=O) groups is 1. The summed E-state index contributed by atoms with van der Waals surface area (Å²) >= 11 is 0. The predicted molar refractivity (Wildman–Crippen MR) is 46.4 cm³/mol. The van der Waals surface area contributed by atoms with Crippen molar-refractivity contribution in [3.8, 4) is 0 Å². The van der Waals surface area contributed by atoms with E-state index in [1.54, 1.807) is 0 Å². The van der Waals surface area contributed by atoms with Crippen LogP contribution in [0, 0.1) is 0 Å². The van der Waals surface area contributed by atoms with Crippen LogP contribution in [0.1, 0.15) is 11.7 Å². The first-order chi connectivity index (χ1) is 6.29. The maximum Gasteiger partial charge on any atom is 0.263 e. The van der Waals surface area contributed by atoms with Crippen LogP contribution < -0.4 is 11.2 Å². The van der Waals surface area contributed by atoms with Crippen molar-refractivity contribution in [1.29, 1.82) is 0 Å². The minimum Gasteiger partial charge on any atom is -0.317 e. The molecule has 1 aliphatic heterocycles. The number of nitrogens with two attached hydrogens (primary N) is 1. The molecule has 68 valence electrons. The van der Waals surface area contributed by atoms with Gasteiger partial charge in [-0.15, -0.1) is 0 Å². The summed E-state index contributed by atoms with van der Waals surface area (Å²) in [5.74, 6) is -0.270. The summed E-state index contributed by atoms with van der Waals surface area (Å²) < 4.78 is 0. The van der Waals surface area contributed by atoms with Crippen molar-refractivity contribution in [3.63, 3.8) is 0 Å². The molecule has 0 bridgehead atoms. The molecule has 4 nitrogen and oxygen atoms in total. The van der Waals surface area contributed by atoms with Gasteiger partial charge in [0.1, 0.15) is 12.1 Å². The summed E-state index contributed by atoms with van der Waals surface area (Å²) in [6.07, 6.45) is -0.367. The lowest BCUT2D eigenvalue weighted by Crippen LogP contribution is -2.33. The van der Waals surface area contributed by atoms with Gasteiger partial charge in [0.05, 0.1) is 0 Å². The molecule has 13 heavy (non-hydrogen) atoms. The summed E-state index contributed by atoms with van der Waals surface area (Å²) in [5.41, 5.74) is 8.78. The molecular weight excluding hydrogens is 168 g/mol. The molecule has 1 heterocycles. The number of rotatable bonds is 1. The second-order valence-electron chi connectivity index (χ2n) is 2.94. The zero-order valence-electron chi connectivity index (χ0n) is 6.94. The van der Waals surface area contributed by atoms with Crippen LogP contribution in [0.3, 0.4) is 0 Å². The van der Waals surface area contributed by atoms with Gasteiger partial charge < -0.3 is 5.73 Å². The topological polar surface area (TPSA) is 64.4 Å². The number of carbonyl (C=O) groups excluding carboxylic acids is 1. The van der Waals surface area contributed by atoms with Crippen molar-refractivity contribution in [1.82, 2.24) is 5.48 Å². The van der Waals surface area contributed by atoms with Crippen LogP contribution in [0.5, 0.6) is 0 Å². The lowest BCUT2D eigenvalue weighted by atomic mass is 10.0. The summed E-state index contributed by atoms with van der Waals surface area (Å²) in [6.45, 7) is 0. The van der Waals surface area contributed by atoms with Crippen LogP contribution in [0.4, 0.5) is 0 Å². The monoisotopic (exact) mass is 178 g/mol. The number of hydrogen-bond acceptors (Lipinski definition) is 3. The molecule has 0 radical (unpaired) electrons. The highest BCUT2D eigenvalue weighted by atomic mass is 16.7. The van der Waals surface area contributed by atoms with Crippen LogP contribution in [0.2, 0.25) is 0 Å². The molecule has 1 saturated heterocycles. The van der Waals surface area contributed by atoms with Gasteiger partial charge in [-0.05, 0) is 5.56 Å². The van der Waals surface area contributed by atoms with Crippen molar-refractivity contribution in [3.05, 3.63) is 35.9 Å². The maximum absolute atomic E-state index is 11.0. The number of amides is 1. The Morgan fingerprint density at radius 3 is 2.54 bits per heavy atom. The van der Waals surface area contributed by atoms with E-state index in [-0.39, 0.29) is 12.0 Å². The van der Waals surface area contributed by atoms with Crippen LogP contribution in [-0.4, -0.2) is 11.9 Å². The average molecular weight is 178 g/mol. The van der Waals surface area contributed by atoms with Crippen LogP contribution >= 0.6 is 0 Å². The number of nitrogens with one attached hydrogen (secondary N) is 1. The van der Waals surface area contributed by atoms with E-state index < -0.39 is 6.04 Å². The summed E-state index contributed by atoms with van der Waals surface area (Å²) in [4.78, 5) is 16.0. The second-order valence-corrected chi connectivity index (χ2v) is 2.94. The van der Waals surface area contributed by atoms with Gasteiger partial charge in [-0.25, -0.2) is 5.48 Å². The third-order valence-corrected chi connectivity index (χ3v) is 2.04. The van der Waals surface area contributed by atoms with Crippen molar-refractivity contribution < 1.29 is 9.63 Å². The zero-order chi connectivity index (χ0) is 9.26. The molecule has 1 aromatic rings. The second kappa shape index (κ2) is 3.16. The molecule has 3 N–H and O–H groups in total.